The van der Waals surface area contributed by atoms with Crippen molar-refractivity contribution in [3.63, 3.8) is 0 Å². The van der Waals surface area contributed by atoms with Crippen molar-refractivity contribution in [3.8, 4) is 0 Å². The summed E-state index contributed by atoms with van der Waals surface area (Å²) >= 11 is 0. The van der Waals surface area contributed by atoms with Gasteiger partial charge in [0.25, 0.3) is 0 Å². The Kier molecular flexibility index (Phi) is 4.81. The fraction of sp³-hybridized carbons (Fsp3) is 0.462. The van der Waals surface area contributed by atoms with Crippen LogP contribution < -0.4 is 5.32 Å². The Labute approximate surface area is 106 Å². The van der Waals surface area contributed by atoms with Crippen LogP contribution in [0, 0.1) is 5.82 Å². The highest BCUT2D eigenvalue weighted by Gasteiger charge is 2.34. The van der Waals surface area contributed by atoms with Crippen LogP contribution in [0.25, 0.3) is 0 Å². The summed E-state index contributed by atoms with van der Waals surface area (Å²) in [7, 11) is 3.83. The van der Waals surface area contributed by atoms with Crippen molar-refractivity contribution in [2.75, 3.05) is 27.2 Å². The van der Waals surface area contributed by atoms with Gasteiger partial charge in [-0.3, -0.25) is 5.32 Å². The van der Waals surface area contributed by atoms with E-state index in [1.165, 1.54) is 24.3 Å². The maximum Gasteiger partial charge on any atom is 0.328 e. The molecule has 0 saturated heterocycles. The van der Waals surface area contributed by atoms with Crippen LogP contribution in [0.3, 0.4) is 0 Å². The van der Waals surface area contributed by atoms with E-state index in [-0.39, 0.29) is 5.82 Å². The Morgan fingerprint density at radius 1 is 1.39 bits per heavy atom. The van der Waals surface area contributed by atoms with Gasteiger partial charge in [-0.25, -0.2) is 9.18 Å². The largest absolute Gasteiger partial charge is 0.480 e. The highest BCUT2D eigenvalue weighted by Crippen LogP contribution is 2.21. The van der Waals surface area contributed by atoms with E-state index in [0.29, 0.717) is 12.1 Å². The number of halogens is 1. The number of nitrogens with one attached hydrogen (secondary N) is 1. The van der Waals surface area contributed by atoms with Gasteiger partial charge in [0, 0.05) is 13.1 Å². The molecular formula is C13H19FN2O2. The number of hydrogen-bond acceptors (Lipinski definition) is 3. The van der Waals surface area contributed by atoms with Gasteiger partial charge in [0.05, 0.1) is 0 Å². The van der Waals surface area contributed by atoms with E-state index >= 15 is 0 Å². The van der Waals surface area contributed by atoms with Crippen LogP contribution in [-0.4, -0.2) is 43.2 Å². The molecule has 18 heavy (non-hydrogen) atoms. The van der Waals surface area contributed by atoms with Crippen LogP contribution in [0.2, 0.25) is 0 Å². The number of carbonyl (C=O) groups is 1. The summed E-state index contributed by atoms with van der Waals surface area (Å²) < 4.78 is 12.9. The molecule has 0 saturated carbocycles. The molecule has 0 aromatic heterocycles. The smallest absolute Gasteiger partial charge is 0.328 e. The fourth-order valence-corrected chi connectivity index (χ4v) is 1.61. The second-order valence-electron chi connectivity index (χ2n) is 4.67. The summed E-state index contributed by atoms with van der Waals surface area (Å²) in [6, 6.07) is 5.52. The average molecular weight is 254 g/mol. The van der Waals surface area contributed by atoms with Gasteiger partial charge in [0.15, 0.2) is 0 Å². The molecule has 0 heterocycles. The molecule has 0 spiro atoms. The van der Waals surface area contributed by atoms with Crippen molar-refractivity contribution in [1.82, 2.24) is 10.2 Å². The Balaban J connectivity index is 2.86. The third-order valence-corrected chi connectivity index (χ3v) is 2.89. The number of carboxylic acids is 1. The lowest BCUT2D eigenvalue weighted by Crippen LogP contribution is -2.48. The number of likely N-dealkylation sites (N-methyl/N-ethyl adjacent to an activating group) is 1. The highest BCUT2D eigenvalue weighted by atomic mass is 19.1. The van der Waals surface area contributed by atoms with E-state index < -0.39 is 11.5 Å². The molecular weight excluding hydrogens is 235 g/mol. The van der Waals surface area contributed by atoms with Crippen molar-refractivity contribution in [2.24, 2.45) is 0 Å². The number of hydrogen-bond donors (Lipinski definition) is 2. The maximum absolute atomic E-state index is 12.9. The van der Waals surface area contributed by atoms with Crippen molar-refractivity contribution >= 4 is 5.97 Å². The molecule has 1 atom stereocenters. The van der Waals surface area contributed by atoms with Gasteiger partial charge >= 0.3 is 5.97 Å². The van der Waals surface area contributed by atoms with E-state index in [9.17, 15) is 14.3 Å². The molecule has 1 rings (SSSR count). The molecule has 0 aliphatic carbocycles. The zero-order valence-corrected chi connectivity index (χ0v) is 10.9. The summed E-state index contributed by atoms with van der Waals surface area (Å²) in [5.74, 6) is -1.35. The standard InChI is InChI=1S/C13H19FN2O2/c1-13(12(17)18,15-8-9-16(2)3)10-4-6-11(14)7-5-10/h4-7,15H,8-9H2,1-3H3,(H,17,18). The molecule has 0 amide bonds. The number of nitrogens with zero attached hydrogens (tertiary/aromatic N) is 1. The first-order valence-corrected chi connectivity index (χ1v) is 5.75. The number of aliphatic carboxylic acids is 1. The quantitative estimate of drug-likeness (QED) is 0.803. The molecule has 4 nitrogen and oxygen atoms in total. The Morgan fingerprint density at radius 3 is 2.39 bits per heavy atom. The van der Waals surface area contributed by atoms with Crippen molar-refractivity contribution in [3.05, 3.63) is 35.6 Å². The summed E-state index contributed by atoms with van der Waals surface area (Å²) in [5.41, 5.74) is -0.667. The molecule has 1 aromatic carbocycles. The zero-order chi connectivity index (χ0) is 13.8. The van der Waals surface area contributed by atoms with Crippen LogP contribution in [0.15, 0.2) is 24.3 Å². The van der Waals surface area contributed by atoms with Gasteiger partial charge in [-0.15, -0.1) is 0 Å². The first-order valence-electron chi connectivity index (χ1n) is 5.75. The van der Waals surface area contributed by atoms with E-state index in [2.05, 4.69) is 5.32 Å². The minimum atomic E-state index is -1.20. The lowest BCUT2D eigenvalue weighted by molar-refractivity contribution is -0.144. The molecule has 0 bridgehead atoms. The zero-order valence-electron chi connectivity index (χ0n) is 10.9. The average Bonchev–Trinajstić information content (AvgIpc) is 2.28. The summed E-state index contributed by atoms with van der Waals surface area (Å²) in [5, 5.41) is 12.3. The predicted molar refractivity (Wildman–Crippen MR) is 67.9 cm³/mol. The molecule has 0 fully saturated rings. The van der Waals surface area contributed by atoms with Crippen molar-refractivity contribution in [2.45, 2.75) is 12.5 Å². The SMILES string of the molecule is CN(C)CCNC(C)(C(=O)O)c1ccc(F)cc1. The lowest BCUT2D eigenvalue weighted by atomic mass is 9.92. The van der Waals surface area contributed by atoms with Crippen LogP contribution in [0.5, 0.6) is 0 Å². The Morgan fingerprint density at radius 2 is 1.94 bits per heavy atom. The van der Waals surface area contributed by atoms with Gasteiger partial charge in [0.2, 0.25) is 0 Å². The minimum Gasteiger partial charge on any atom is -0.480 e. The van der Waals surface area contributed by atoms with Gasteiger partial charge in [-0.05, 0) is 38.7 Å². The van der Waals surface area contributed by atoms with E-state index in [1.54, 1.807) is 6.92 Å². The summed E-state index contributed by atoms with van der Waals surface area (Å²) in [4.78, 5) is 13.4. The lowest BCUT2D eigenvalue weighted by Gasteiger charge is -2.27. The molecule has 5 heteroatoms. The Bertz CT molecular complexity index is 406. The van der Waals surface area contributed by atoms with Gasteiger partial charge in [0.1, 0.15) is 11.4 Å². The molecule has 1 unspecified atom stereocenters. The van der Waals surface area contributed by atoms with E-state index in [0.717, 1.165) is 6.54 Å². The molecule has 0 radical (unpaired) electrons. The van der Waals surface area contributed by atoms with Gasteiger partial charge < -0.3 is 10.0 Å². The highest BCUT2D eigenvalue weighted by molar-refractivity contribution is 5.80. The van der Waals surface area contributed by atoms with Crippen LogP contribution in [0.4, 0.5) is 4.39 Å². The topological polar surface area (TPSA) is 52.6 Å². The molecule has 0 aliphatic rings. The van der Waals surface area contributed by atoms with Crippen LogP contribution in [0.1, 0.15) is 12.5 Å². The maximum atomic E-state index is 12.9. The summed E-state index contributed by atoms with van der Waals surface area (Å²) in [6.07, 6.45) is 0. The molecule has 2 N–H and O–H groups in total. The second-order valence-corrected chi connectivity index (χ2v) is 4.67. The van der Waals surface area contributed by atoms with Crippen LogP contribution in [-0.2, 0) is 10.3 Å². The third-order valence-electron chi connectivity index (χ3n) is 2.89. The molecule has 100 valence electrons. The first kappa shape index (κ1) is 14.6. The van der Waals surface area contributed by atoms with Crippen molar-refractivity contribution in [1.29, 1.82) is 0 Å². The monoisotopic (exact) mass is 254 g/mol. The summed E-state index contributed by atoms with van der Waals surface area (Å²) in [6.45, 7) is 2.84. The minimum absolute atomic E-state index is 0.375. The number of benzene rings is 1. The Hall–Kier alpha value is -1.46. The van der Waals surface area contributed by atoms with Crippen molar-refractivity contribution < 1.29 is 14.3 Å². The van der Waals surface area contributed by atoms with Gasteiger partial charge in [-0.2, -0.15) is 0 Å². The normalized spacial score (nSPS) is 14.5. The van der Waals surface area contributed by atoms with E-state index in [4.69, 9.17) is 0 Å². The second kappa shape index (κ2) is 5.93. The fourth-order valence-electron chi connectivity index (χ4n) is 1.61. The third kappa shape index (κ3) is 3.51. The van der Waals surface area contributed by atoms with Gasteiger partial charge in [-0.1, -0.05) is 12.1 Å². The first-order chi connectivity index (χ1) is 8.36. The number of carboxylic acid groups (broad SMARTS) is 1. The molecule has 1 aromatic rings. The predicted octanol–water partition coefficient (Wildman–Crippen LogP) is 1.28. The number of rotatable bonds is 6. The van der Waals surface area contributed by atoms with Crippen LogP contribution >= 0.6 is 0 Å². The molecule has 0 aliphatic heterocycles. The van der Waals surface area contributed by atoms with E-state index in [1.807, 2.05) is 19.0 Å².